The lowest BCUT2D eigenvalue weighted by atomic mass is 10.1. The monoisotopic (exact) mass is 353 g/mol. The first-order valence-electron chi connectivity index (χ1n) is 8.07. The molecule has 1 fully saturated rings. The van der Waals surface area contributed by atoms with Crippen molar-refractivity contribution in [2.45, 2.75) is 24.6 Å². The molecule has 0 radical (unpaired) electrons. The number of aliphatic imine (C=N–C) groups is 1. The van der Waals surface area contributed by atoms with Gasteiger partial charge in [-0.15, -0.1) is 0 Å². The molecule has 2 aromatic carbocycles. The number of amidine groups is 1. The van der Waals surface area contributed by atoms with Crippen molar-refractivity contribution in [3.8, 4) is 0 Å². The summed E-state index contributed by atoms with van der Waals surface area (Å²) < 4.78 is 0. The van der Waals surface area contributed by atoms with Gasteiger partial charge in [0, 0.05) is 12.1 Å². The number of nitrogens with zero attached hydrogens (tertiary/aromatic N) is 1. The molecule has 1 saturated heterocycles. The Morgan fingerprint density at radius 2 is 1.80 bits per heavy atom. The molecule has 0 unspecified atom stereocenters. The summed E-state index contributed by atoms with van der Waals surface area (Å²) in [6.45, 7) is 1.98. The second kappa shape index (κ2) is 7.98. The van der Waals surface area contributed by atoms with E-state index in [0.717, 1.165) is 11.3 Å². The quantitative estimate of drug-likeness (QED) is 0.866. The average molecular weight is 353 g/mol. The zero-order valence-corrected chi connectivity index (χ0v) is 14.6. The van der Waals surface area contributed by atoms with Gasteiger partial charge in [-0.2, -0.15) is 0 Å². The van der Waals surface area contributed by atoms with E-state index in [2.05, 4.69) is 15.6 Å². The molecule has 2 aromatic rings. The zero-order chi connectivity index (χ0) is 17.6. The van der Waals surface area contributed by atoms with Crippen LogP contribution in [-0.2, 0) is 9.59 Å². The van der Waals surface area contributed by atoms with Crippen LogP contribution in [0.15, 0.2) is 65.7 Å². The number of hydrogen-bond donors (Lipinski definition) is 2. The van der Waals surface area contributed by atoms with Gasteiger partial charge < -0.3 is 10.6 Å². The summed E-state index contributed by atoms with van der Waals surface area (Å²) in [5, 5.41) is 5.68. The normalized spacial score (nSPS) is 19.5. The first kappa shape index (κ1) is 17.2. The average Bonchev–Trinajstić information content (AvgIpc) is 2.95. The highest BCUT2D eigenvalue weighted by molar-refractivity contribution is 8.15. The molecule has 3 rings (SSSR count). The van der Waals surface area contributed by atoms with E-state index >= 15 is 0 Å². The van der Waals surface area contributed by atoms with Gasteiger partial charge in [-0.05, 0) is 24.6 Å². The van der Waals surface area contributed by atoms with Gasteiger partial charge in [0.15, 0.2) is 5.17 Å². The summed E-state index contributed by atoms with van der Waals surface area (Å²) in [4.78, 5) is 28.8. The van der Waals surface area contributed by atoms with E-state index in [1.165, 1.54) is 11.8 Å². The summed E-state index contributed by atoms with van der Waals surface area (Å²) in [5.41, 5.74) is 1.80. The molecule has 128 valence electrons. The lowest BCUT2D eigenvalue weighted by molar-refractivity contribution is -0.122. The van der Waals surface area contributed by atoms with E-state index in [0.29, 0.717) is 5.17 Å². The van der Waals surface area contributed by atoms with Gasteiger partial charge in [-0.25, -0.2) is 0 Å². The van der Waals surface area contributed by atoms with Gasteiger partial charge >= 0.3 is 0 Å². The van der Waals surface area contributed by atoms with Crippen molar-refractivity contribution in [1.82, 2.24) is 5.32 Å². The second-order valence-corrected chi connectivity index (χ2v) is 6.93. The maximum Gasteiger partial charge on any atom is 0.240 e. The Bertz CT molecular complexity index is 778. The molecule has 6 heteroatoms. The standard InChI is InChI=1S/C19H19N3O2S/c1-13(14-8-4-2-5-9-14)20-19-22-18(24)16(25-19)12-17(23)21-15-10-6-3-7-11-15/h2-11,13,16H,12H2,1H3,(H,21,23)(H,20,22,24)/t13-,16-/m0/s1. The predicted octanol–water partition coefficient (Wildman–Crippen LogP) is 3.36. The van der Waals surface area contributed by atoms with Crippen LogP contribution in [0.2, 0.25) is 0 Å². The Labute approximate surface area is 150 Å². The van der Waals surface area contributed by atoms with E-state index in [1.54, 1.807) is 0 Å². The van der Waals surface area contributed by atoms with Crippen molar-refractivity contribution in [2.75, 3.05) is 5.32 Å². The van der Waals surface area contributed by atoms with Gasteiger partial charge in [-0.3, -0.25) is 14.6 Å². The predicted molar refractivity (Wildman–Crippen MR) is 102 cm³/mol. The summed E-state index contributed by atoms with van der Waals surface area (Å²) in [7, 11) is 0. The molecular formula is C19H19N3O2S. The molecule has 1 aliphatic heterocycles. The van der Waals surface area contributed by atoms with Gasteiger partial charge in [0.25, 0.3) is 0 Å². The van der Waals surface area contributed by atoms with E-state index in [9.17, 15) is 9.59 Å². The van der Waals surface area contributed by atoms with Crippen LogP contribution >= 0.6 is 11.8 Å². The minimum absolute atomic E-state index is 0.0547. The van der Waals surface area contributed by atoms with Crippen molar-refractivity contribution < 1.29 is 9.59 Å². The Morgan fingerprint density at radius 3 is 2.48 bits per heavy atom. The van der Waals surface area contributed by atoms with Crippen LogP contribution in [0, 0.1) is 0 Å². The van der Waals surface area contributed by atoms with Gasteiger partial charge in [0.2, 0.25) is 11.8 Å². The largest absolute Gasteiger partial charge is 0.326 e. The molecule has 1 heterocycles. The molecule has 5 nitrogen and oxygen atoms in total. The van der Waals surface area contributed by atoms with Crippen LogP contribution in [0.5, 0.6) is 0 Å². The van der Waals surface area contributed by atoms with Gasteiger partial charge in [0.05, 0.1) is 6.04 Å². The topological polar surface area (TPSA) is 70.6 Å². The number of benzene rings is 2. The molecule has 0 spiro atoms. The maximum atomic E-state index is 12.1. The lowest BCUT2D eigenvalue weighted by Crippen LogP contribution is -2.28. The van der Waals surface area contributed by atoms with Crippen LogP contribution in [0.3, 0.4) is 0 Å². The number of para-hydroxylation sites is 1. The molecule has 0 aliphatic carbocycles. The van der Waals surface area contributed by atoms with E-state index < -0.39 is 5.25 Å². The summed E-state index contributed by atoms with van der Waals surface area (Å²) in [6.07, 6.45) is 0.115. The van der Waals surface area contributed by atoms with Crippen LogP contribution in [0.4, 0.5) is 5.69 Å². The van der Waals surface area contributed by atoms with Crippen LogP contribution in [0.1, 0.15) is 24.9 Å². The Balaban J connectivity index is 1.59. The number of carbonyl (C=O) groups is 2. The van der Waals surface area contributed by atoms with Crippen LogP contribution in [0.25, 0.3) is 0 Å². The number of anilines is 1. The SMILES string of the molecule is C[C@H](N=C1NC(=O)[C@H](CC(=O)Nc2ccccc2)S1)c1ccccc1. The first-order valence-corrected chi connectivity index (χ1v) is 8.95. The second-order valence-electron chi connectivity index (χ2n) is 5.73. The fourth-order valence-corrected chi connectivity index (χ4v) is 3.53. The van der Waals surface area contributed by atoms with Crippen molar-refractivity contribution in [1.29, 1.82) is 0 Å². The number of nitrogens with one attached hydrogen (secondary N) is 2. The number of thioether (sulfide) groups is 1. The highest BCUT2D eigenvalue weighted by Crippen LogP contribution is 2.26. The van der Waals surface area contributed by atoms with E-state index in [1.807, 2.05) is 67.6 Å². The summed E-state index contributed by atoms with van der Waals surface area (Å²) >= 11 is 1.31. The highest BCUT2D eigenvalue weighted by Gasteiger charge is 2.32. The Hall–Kier alpha value is -2.60. The molecule has 1 aliphatic rings. The minimum atomic E-state index is -0.453. The Kier molecular flexibility index (Phi) is 5.50. The third-order valence-corrected chi connectivity index (χ3v) is 4.89. The van der Waals surface area contributed by atoms with Crippen LogP contribution in [-0.4, -0.2) is 22.2 Å². The molecule has 0 bridgehead atoms. The van der Waals surface area contributed by atoms with Crippen molar-refractivity contribution in [3.05, 3.63) is 66.2 Å². The molecular weight excluding hydrogens is 334 g/mol. The summed E-state index contributed by atoms with van der Waals surface area (Å²) in [6, 6.07) is 19.0. The lowest BCUT2D eigenvalue weighted by Gasteiger charge is -2.08. The van der Waals surface area contributed by atoms with Crippen molar-refractivity contribution >= 4 is 34.4 Å². The van der Waals surface area contributed by atoms with Crippen molar-refractivity contribution in [2.24, 2.45) is 4.99 Å². The molecule has 0 aromatic heterocycles. The molecule has 2 atom stereocenters. The fraction of sp³-hybridized carbons (Fsp3) is 0.211. The third kappa shape index (κ3) is 4.70. The van der Waals surface area contributed by atoms with E-state index in [4.69, 9.17) is 0 Å². The van der Waals surface area contributed by atoms with Crippen molar-refractivity contribution in [3.63, 3.8) is 0 Å². The number of carbonyl (C=O) groups excluding carboxylic acids is 2. The zero-order valence-electron chi connectivity index (χ0n) is 13.8. The number of amides is 2. The minimum Gasteiger partial charge on any atom is -0.326 e. The Morgan fingerprint density at radius 1 is 1.16 bits per heavy atom. The van der Waals surface area contributed by atoms with E-state index in [-0.39, 0.29) is 24.3 Å². The third-order valence-electron chi connectivity index (χ3n) is 3.80. The molecule has 2 N–H and O–H groups in total. The smallest absolute Gasteiger partial charge is 0.240 e. The van der Waals surface area contributed by atoms with Gasteiger partial charge in [-0.1, -0.05) is 60.3 Å². The highest BCUT2D eigenvalue weighted by atomic mass is 32.2. The maximum absolute atomic E-state index is 12.1. The molecule has 2 amide bonds. The molecule has 0 saturated carbocycles. The first-order chi connectivity index (χ1) is 12.1. The van der Waals surface area contributed by atoms with Crippen LogP contribution < -0.4 is 10.6 Å². The van der Waals surface area contributed by atoms with Gasteiger partial charge in [0.1, 0.15) is 5.25 Å². The number of rotatable bonds is 5. The summed E-state index contributed by atoms with van der Waals surface area (Å²) in [5.74, 6) is -0.358. The number of hydrogen-bond acceptors (Lipinski definition) is 4. The fourth-order valence-electron chi connectivity index (χ4n) is 2.48. The molecule has 25 heavy (non-hydrogen) atoms.